The van der Waals surface area contributed by atoms with Crippen LogP contribution in [0.2, 0.25) is 0 Å². The normalized spacial score (nSPS) is 12.5. The van der Waals surface area contributed by atoms with Gasteiger partial charge in [0.2, 0.25) is 0 Å². The van der Waals surface area contributed by atoms with E-state index in [1.54, 1.807) is 0 Å². The highest BCUT2D eigenvalue weighted by Crippen LogP contribution is 2.22. The standard InChI is InChI=1S/C19H13NO4/c1-20-17(21)15-10-9-14(12-16(15)18(20)22)19(23)24-11-5-8-13-6-3-2-4-7-13/h2-4,6-7,9-10,12H,11H2,1H3. The van der Waals surface area contributed by atoms with E-state index in [0.29, 0.717) is 5.56 Å². The van der Waals surface area contributed by atoms with Crippen LogP contribution in [0.1, 0.15) is 36.6 Å². The highest BCUT2D eigenvalue weighted by Gasteiger charge is 2.33. The highest BCUT2D eigenvalue weighted by atomic mass is 16.5. The lowest BCUT2D eigenvalue weighted by Crippen LogP contribution is -2.24. The van der Waals surface area contributed by atoms with E-state index < -0.39 is 11.9 Å². The number of carbonyl (C=O) groups is 3. The lowest BCUT2D eigenvalue weighted by atomic mass is 10.1. The average Bonchev–Trinajstić information content (AvgIpc) is 2.83. The van der Waals surface area contributed by atoms with Gasteiger partial charge in [0.1, 0.15) is 0 Å². The van der Waals surface area contributed by atoms with E-state index in [4.69, 9.17) is 4.74 Å². The number of esters is 1. The Labute approximate surface area is 138 Å². The molecule has 118 valence electrons. The van der Waals surface area contributed by atoms with Crippen molar-refractivity contribution in [3.8, 4) is 11.8 Å². The SMILES string of the molecule is CN1C(=O)c2ccc(C(=O)OCC#Cc3ccccc3)cc2C1=O. The second-order valence-corrected chi connectivity index (χ2v) is 5.17. The van der Waals surface area contributed by atoms with E-state index in [0.717, 1.165) is 10.5 Å². The van der Waals surface area contributed by atoms with Gasteiger partial charge < -0.3 is 4.74 Å². The van der Waals surface area contributed by atoms with Crippen LogP contribution >= 0.6 is 0 Å². The number of rotatable bonds is 2. The van der Waals surface area contributed by atoms with E-state index in [9.17, 15) is 14.4 Å². The predicted octanol–water partition coefficient (Wildman–Crippen LogP) is 2.12. The third-order valence-corrected chi connectivity index (χ3v) is 3.61. The summed E-state index contributed by atoms with van der Waals surface area (Å²) in [5, 5.41) is 0. The van der Waals surface area contributed by atoms with Gasteiger partial charge in [0, 0.05) is 12.6 Å². The average molecular weight is 319 g/mol. The molecule has 3 rings (SSSR count). The molecule has 2 aromatic rings. The summed E-state index contributed by atoms with van der Waals surface area (Å²) < 4.78 is 5.08. The van der Waals surface area contributed by atoms with Crippen LogP contribution in [-0.4, -0.2) is 36.3 Å². The molecule has 0 atom stereocenters. The molecule has 2 aromatic carbocycles. The first-order chi connectivity index (χ1) is 11.6. The van der Waals surface area contributed by atoms with Crippen molar-refractivity contribution in [2.45, 2.75) is 0 Å². The fourth-order valence-corrected chi connectivity index (χ4v) is 2.33. The summed E-state index contributed by atoms with van der Waals surface area (Å²) in [7, 11) is 1.40. The monoisotopic (exact) mass is 319 g/mol. The van der Waals surface area contributed by atoms with Crippen molar-refractivity contribution in [3.05, 3.63) is 70.8 Å². The van der Waals surface area contributed by atoms with E-state index in [2.05, 4.69) is 11.8 Å². The maximum Gasteiger partial charge on any atom is 0.339 e. The van der Waals surface area contributed by atoms with E-state index in [-0.39, 0.29) is 23.6 Å². The Balaban J connectivity index is 1.68. The lowest BCUT2D eigenvalue weighted by molar-refractivity contribution is 0.0556. The first-order valence-corrected chi connectivity index (χ1v) is 7.25. The Morgan fingerprint density at radius 3 is 2.50 bits per heavy atom. The highest BCUT2D eigenvalue weighted by molar-refractivity contribution is 6.21. The number of amides is 2. The summed E-state index contributed by atoms with van der Waals surface area (Å²) in [4.78, 5) is 36.8. The van der Waals surface area contributed by atoms with Crippen LogP contribution in [0.4, 0.5) is 0 Å². The molecule has 0 fully saturated rings. The summed E-state index contributed by atoms with van der Waals surface area (Å²) in [5.41, 5.74) is 1.56. The zero-order valence-electron chi connectivity index (χ0n) is 12.9. The first kappa shape index (κ1) is 15.5. The molecule has 0 radical (unpaired) electrons. The van der Waals surface area contributed by atoms with Crippen LogP contribution in [0.15, 0.2) is 48.5 Å². The second-order valence-electron chi connectivity index (χ2n) is 5.17. The molecule has 0 bridgehead atoms. The molecule has 0 N–H and O–H groups in total. The van der Waals surface area contributed by atoms with Crippen LogP contribution in [0.25, 0.3) is 0 Å². The van der Waals surface area contributed by atoms with Crippen LogP contribution in [-0.2, 0) is 4.74 Å². The van der Waals surface area contributed by atoms with Gasteiger partial charge in [-0.05, 0) is 30.3 Å². The van der Waals surface area contributed by atoms with Gasteiger partial charge in [0.25, 0.3) is 11.8 Å². The minimum atomic E-state index is -0.588. The van der Waals surface area contributed by atoms with E-state index in [1.165, 1.54) is 25.2 Å². The topological polar surface area (TPSA) is 63.7 Å². The molecule has 1 aliphatic heterocycles. The maximum absolute atomic E-state index is 12.0. The molecule has 0 aliphatic carbocycles. The molecule has 0 aromatic heterocycles. The Morgan fingerprint density at radius 1 is 1.04 bits per heavy atom. The minimum Gasteiger partial charge on any atom is -0.449 e. The third-order valence-electron chi connectivity index (χ3n) is 3.61. The van der Waals surface area contributed by atoms with Crippen molar-refractivity contribution >= 4 is 17.8 Å². The van der Waals surface area contributed by atoms with Crippen molar-refractivity contribution in [2.75, 3.05) is 13.7 Å². The van der Waals surface area contributed by atoms with Crippen LogP contribution in [0, 0.1) is 11.8 Å². The van der Waals surface area contributed by atoms with E-state index >= 15 is 0 Å². The molecule has 2 amide bonds. The molecule has 24 heavy (non-hydrogen) atoms. The smallest absolute Gasteiger partial charge is 0.339 e. The van der Waals surface area contributed by atoms with Gasteiger partial charge in [-0.3, -0.25) is 14.5 Å². The summed E-state index contributed by atoms with van der Waals surface area (Å²) in [6.45, 7) is -0.0579. The molecule has 0 spiro atoms. The van der Waals surface area contributed by atoms with Gasteiger partial charge in [-0.25, -0.2) is 4.79 Å². The Bertz CT molecular complexity index is 891. The number of carbonyl (C=O) groups excluding carboxylic acids is 3. The van der Waals surface area contributed by atoms with Gasteiger partial charge in [-0.2, -0.15) is 0 Å². The Morgan fingerprint density at radius 2 is 1.75 bits per heavy atom. The molecule has 0 saturated carbocycles. The molecule has 0 saturated heterocycles. The largest absolute Gasteiger partial charge is 0.449 e. The van der Waals surface area contributed by atoms with Gasteiger partial charge in [0.05, 0.1) is 16.7 Å². The number of imide groups is 1. The Hall–Kier alpha value is -3.39. The number of hydrogen-bond donors (Lipinski definition) is 0. The van der Waals surface area contributed by atoms with Crippen LogP contribution in [0.3, 0.4) is 0 Å². The molecular weight excluding hydrogens is 306 g/mol. The summed E-state index contributed by atoms with van der Waals surface area (Å²) in [6, 6.07) is 13.7. The fraction of sp³-hybridized carbons (Fsp3) is 0.105. The predicted molar refractivity (Wildman–Crippen MR) is 86.5 cm³/mol. The molecular formula is C19H13NO4. The number of nitrogens with zero attached hydrogens (tertiary/aromatic N) is 1. The summed E-state index contributed by atoms with van der Waals surface area (Å²) in [6.07, 6.45) is 0. The van der Waals surface area contributed by atoms with Crippen LogP contribution in [0.5, 0.6) is 0 Å². The van der Waals surface area contributed by atoms with Crippen molar-refractivity contribution in [1.29, 1.82) is 0 Å². The molecule has 1 aliphatic rings. The third kappa shape index (κ3) is 2.90. The van der Waals surface area contributed by atoms with Crippen molar-refractivity contribution < 1.29 is 19.1 Å². The zero-order chi connectivity index (χ0) is 17.1. The molecule has 0 unspecified atom stereocenters. The number of fused-ring (bicyclic) bond motifs is 1. The number of benzene rings is 2. The van der Waals surface area contributed by atoms with Crippen LogP contribution < -0.4 is 0 Å². The van der Waals surface area contributed by atoms with E-state index in [1.807, 2.05) is 30.3 Å². The van der Waals surface area contributed by atoms with Crippen molar-refractivity contribution in [3.63, 3.8) is 0 Å². The minimum absolute atomic E-state index is 0.0579. The maximum atomic E-state index is 12.0. The number of ether oxygens (including phenoxy) is 1. The van der Waals surface area contributed by atoms with Gasteiger partial charge >= 0.3 is 5.97 Å². The molecule has 1 heterocycles. The quantitative estimate of drug-likeness (QED) is 0.483. The van der Waals surface area contributed by atoms with Gasteiger partial charge in [-0.15, -0.1) is 0 Å². The second kappa shape index (κ2) is 6.39. The molecule has 5 nitrogen and oxygen atoms in total. The fourth-order valence-electron chi connectivity index (χ4n) is 2.33. The first-order valence-electron chi connectivity index (χ1n) is 7.25. The summed E-state index contributed by atoms with van der Waals surface area (Å²) in [5.74, 6) is 4.25. The Kier molecular flexibility index (Phi) is 4.13. The van der Waals surface area contributed by atoms with Gasteiger partial charge in [0.15, 0.2) is 6.61 Å². The van der Waals surface area contributed by atoms with Gasteiger partial charge in [-0.1, -0.05) is 30.0 Å². The number of hydrogen-bond acceptors (Lipinski definition) is 4. The van der Waals surface area contributed by atoms with Crippen molar-refractivity contribution in [1.82, 2.24) is 4.90 Å². The molecule has 5 heteroatoms. The van der Waals surface area contributed by atoms with Crippen molar-refractivity contribution in [2.24, 2.45) is 0 Å². The lowest BCUT2D eigenvalue weighted by Gasteiger charge is -2.03. The zero-order valence-corrected chi connectivity index (χ0v) is 12.9. The summed E-state index contributed by atoms with van der Waals surface area (Å²) >= 11 is 0.